The number of fused-ring (bicyclic) bond motifs is 2. The van der Waals surface area contributed by atoms with Crippen LogP contribution in [0.5, 0.6) is 5.75 Å². The van der Waals surface area contributed by atoms with E-state index in [9.17, 15) is 9.59 Å². The van der Waals surface area contributed by atoms with E-state index in [4.69, 9.17) is 9.47 Å². The lowest BCUT2D eigenvalue weighted by atomic mass is 10.2. The molecular formula is C21H21N3O4. The molecule has 2 heterocycles. The van der Waals surface area contributed by atoms with E-state index in [0.717, 1.165) is 11.0 Å². The maximum atomic E-state index is 12.5. The van der Waals surface area contributed by atoms with E-state index in [1.807, 2.05) is 48.5 Å². The van der Waals surface area contributed by atoms with Crippen molar-refractivity contribution in [3.05, 3.63) is 54.4 Å². The van der Waals surface area contributed by atoms with Gasteiger partial charge in [0, 0.05) is 6.54 Å². The number of hydrogen-bond donors (Lipinski definition) is 1. The number of hydrogen-bond acceptors (Lipinski definition) is 5. The summed E-state index contributed by atoms with van der Waals surface area (Å²) in [5.74, 6) is 0.670. The third kappa shape index (κ3) is 3.43. The number of benzene rings is 2. The Morgan fingerprint density at radius 2 is 2.00 bits per heavy atom. The Kier molecular flexibility index (Phi) is 4.73. The summed E-state index contributed by atoms with van der Waals surface area (Å²) in [7, 11) is 0. The van der Waals surface area contributed by atoms with Crippen molar-refractivity contribution >= 4 is 28.6 Å². The van der Waals surface area contributed by atoms with Gasteiger partial charge in [0.2, 0.25) is 0 Å². The molecule has 3 aromatic rings. The summed E-state index contributed by atoms with van der Waals surface area (Å²) in [5.41, 5.74) is 2.39. The first-order valence-corrected chi connectivity index (χ1v) is 9.24. The fourth-order valence-corrected chi connectivity index (χ4v) is 3.27. The maximum Gasteiger partial charge on any atom is 0.308 e. The number of nitrogens with zero attached hydrogens (tertiary/aromatic N) is 2. The van der Waals surface area contributed by atoms with E-state index >= 15 is 0 Å². The zero-order chi connectivity index (χ0) is 19.7. The normalized spacial score (nSPS) is 17.1. The van der Waals surface area contributed by atoms with Crippen LogP contribution in [-0.2, 0) is 14.3 Å². The van der Waals surface area contributed by atoms with E-state index in [2.05, 4.69) is 9.97 Å². The van der Waals surface area contributed by atoms with Gasteiger partial charge in [-0.05, 0) is 38.1 Å². The number of carbonyl (C=O) groups is 2. The molecule has 1 aliphatic heterocycles. The Morgan fingerprint density at radius 3 is 2.82 bits per heavy atom. The van der Waals surface area contributed by atoms with Crippen molar-refractivity contribution in [1.29, 1.82) is 0 Å². The molecule has 7 heteroatoms. The van der Waals surface area contributed by atoms with Gasteiger partial charge in [0.25, 0.3) is 5.91 Å². The van der Waals surface area contributed by atoms with Gasteiger partial charge in [-0.3, -0.25) is 9.59 Å². The van der Waals surface area contributed by atoms with Crippen LogP contribution in [0.1, 0.15) is 32.2 Å². The van der Waals surface area contributed by atoms with Crippen molar-refractivity contribution < 1.29 is 19.1 Å². The van der Waals surface area contributed by atoms with Gasteiger partial charge in [-0.2, -0.15) is 0 Å². The number of aromatic nitrogens is 2. The molecule has 0 saturated carbocycles. The molecule has 0 spiro atoms. The van der Waals surface area contributed by atoms with E-state index < -0.39 is 18.2 Å². The molecule has 0 fully saturated rings. The van der Waals surface area contributed by atoms with Crippen LogP contribution in [0.2, 0.25) is 0 Å². The van der Waals surface area contributed by atoms with Gasteiger partial charge in [-0.25, -0.2) is 4.98 Å². The third-order valence-electron chi connectivity index (χ3n) is 4.71. The van der Waals surface area contributed by atoms with Gasteiger partial charge in [0.15, 0.2) is 12.2 Å². The fourth-order valence-electron chi connectivity index (χ4n) is 3.27. The van der Waals surface area contributed by atoms with Gasteiger partial charge in [-0.15, -0.1) is 0 Å². The molecule has 0 bridgehead atoms. The Hall–Kier alpha value is -3.35. The molecule has 28 heavy (non-hydrogen) atoms. The number of carbonyl (C=O) groups excluding carboxylic acids is 2. The summed E-state index contributed by atoms with van der Waals surface area (Å²) in [4.78, 5) is 34.0. The summed E-state index contributed by atoms with van der Waals surface area (Å²) in [6.07, 6.45) is -1.01. The lowest BCUT2D eigenvalue weighted by Crippen LogP contribution is -2.45. The summed E-state index contributed by atoms with van der Waals surface area (Å²) in [5, 5.41) is 0. The predicted octanol–water partition coefficient (Wildman–Crippen LogP) is 3.37. The number of ether oxygens (including phenoxy) is 2. The van der Waals surface area contributed by atoms with Crippen LogP contribution in [-0.4, -0.2) is 34.5 Å². The Labute approximate surface area is 162 Å². The Morgan fingerprint density at radius 1 is 1.25 bits per heavy atom. The molecule has 1 N–H and O–H groups in total. The van der Waals surface area contributed by atoms with Crippen LogP contribution in [0.25, 0.3) is 11.0 Å². The highest BCUT2D eigenvalue weighted by molar-refractivity contribution is 6.00. The van der Waals surface area contributed by atoms with Gasteiger partial charge in [0.05, 0.1) is 23.1 Å². The largest absolute Gasteiger partial charge is 0.479 e. The van der Waals surface area contributed by atoms with Crippen LogP contribution in [0.4, 0.5) is 5.69 Å². The molecule has 1 amide bonds. The number of H-pyrrole nitrogens is 1. The first kappa shape index (κ1) is 18.0. The summed E-state index contributed by atoms with van der Waals surface area (Å²) >= 11 is 0. The lowest BCUT2D eigenvalue weighted by Gasteiger charge is -2.32. The number of imidazole rings is 1. The van der Waals surface area contributed by atoms with Gasteiger partial charge in [0.1, 0.15) is 11.6 Å². The number of para-hydroxylation sites is 4. The average molecular weight is 379 g/mol. The van der Waals surface area contributed by atoms with E-state index in [1.54, 1.807) is 18.7 Å². The number of aromatic amines is 1. The molecule has 2 aromatic carbocycles. The zero-order valence-corrected chi connectivity index (χ0v) is 15.7. The fraction of sp³-hybridized carbons (Fsp3) is 0.286. The second-order valence-corrected chi connectivity index (χ2v) is 6.74. The topological polar surface area (TPSA) is 84.5 Å². The molecule has 0 aliphatic carbocycles. The third-order valence-corrected chi connectivity index (χ3v) is 4.71. The van der Waals surface area contributed by atoms with Crippen LogP contribution in [0, 0.1) is 0 Å². The molecule has 1 aromatic heterocycles. The minimum atomic E-state index is -0.583. The molecule has 1 aliphatic rings. The molecule has 0 saturated heterocycles. The molecule has 7 nitrogen and oxygen atoms in total. The molecule has 2 atom stereocenters. The van der Waals surface area contributed by atoms with Gasteiger partial charge >= 0.3 is 5.97 Å². The second kappa shape index (κ2) is 7.34. The molecule has 144 valence electrons. The minimum Gasteiger partial charge on any atom is -0.479 e. The predicted molar refractivity (Wildman–Crippen MR) is 104 cm³/mol. The number of anilines is 1. The van der Waals surface area contributed by atoms with Crippen molar-refractivity contribution in [2.24, 2.45) is 0 Å². The average Bonchev–Trinajstić information content (AvgIpc) is 3.13. The van der Waals surface area contributed by atoms with Crippen molar-refractivity contribution in [3.8, 4) is 5.75 Å². The van der Waals surface area contributed by atoms with E-state index in [-0.39, 0.29) is 18.9 Å². The Balaban J connectivity index is 1.41. The van der Waals surface area contributed by atoms with Gasteiger partial charge in [-0.1, -0.05) is 24.3 Å². The van der Waals surface area contributed by atoms with E-state index in [1.165, 1.54) is 0 Å². The van der Waals surface area contributed by atoms with E-state index in [0.29, 0.717) is 17.3 Å². The Bertz CT molecular complexity index is 996. The van der Waals surface area contributed by atoms with Crippen molar-refractivity contribution in [3.63, 3.8) is 0 Å². The number of nitrogens with one attached hydrogen (secondary N) is 1. The van der Waals surface area contributed by atoms with Crippen LogP contribution in [0.3, 0.4) is 0 Å². The van der Waals surface area contributed by atoms with Crippen molar-refractivity contribution in [1.82, 2.24) is 9.97 Å². The number of amides is 1. The van der Waals surface area contributed by atoms with Crippen LogP contribution < -0.4 is 9.64 Å². The van der Waals surface area contributed by atoms with Gasteiger partial charge < -0.3 is 19.4 Å². The smallest absolute Gasteiger partial charge is 0.308 e. The van der Waals surface area contributed by atoms with Crippen molar-refractivity contribution in [2.45, 2.75) is 32.5 Å². The highest BCUT2D eigenvalue weighted by atomic mass is 16.5. The summed E-state index contributed by atoms with van der Waals surface area (Å²) in [6, 6.07) is 14.9. The van der Waals surface area contributed by atoms with Crippen LogP contribution in [0.15, 0.2) is 48.5 Å². The molecule has 0 unspecified atom stereocenters. The van der Waals surface area contributed by atoms with Crippen LogP contribution >= 0.6 is 0 Å². The molecular weight excluding hydrogens is 358 g/mol. The highest BCUT2D eigenvalue weighted by Crippen LogP contribution is 2.33. The maximum absolute atomic E-state index is 12.5. The molecule has 0 radical (unpaired) electrons. The quantitative estimate of drug-likeness (QED) is 0.687. The SMILES string of the molecule is C[C@@H]1Oc2ccccc2N(CCC(=O)O[C@H](C)c2nc3ccccc3[nH]2)C1=O. The highest BCUT2D eigenvalue weighted by Gasteiger charge is 2.31. The standard InChI is InChI=1S/C21H21N3O4/c1-13(20-22-15-7-3-4-8-16(15)23-20)28-19(25)11-12-24-17-9-5-6-10-18(17)27-14(2)21(24)26/h3-10,13-14H,11-12H2,1-2H3,(H,22,23)/t13-,14+/m1/s1. The van der Waals surface area contributed by atoms with Crippen molar-refractivity contribution in [2.75, 3.05) is 11.4 Å². The number of esters is 1. The summed E-state index contributed by atoms with van der Waals surface area (Å²) < 4.78 is 11.1. The first-order chi connectivity index (χ1) is 13.5. The molecule has 4 rings (SSSR count). The summed E-state index contributed by atoms with van der Waals surface area (Å²) in [6.45, 7) is 3.70. The minimum absolute atomic E-state index is 0.0807. The zero-order valence-electron chi connectivity index (χ0n) is 15.7. The first-order valence-electron chi connectivity index (χ1n) is 9.24. The monoisotopic (exact) mass is 379 g/mol. The second-order valence-electron chi connectivity index (χ2n) is 6.74. The number of rotatable bonds is 5. The lowest BCUT2D eigenvalue weighted by molar-refractivity contribution is -0.148.